The van der Waals surface area contributed by atoms with E-state index in [-0.39, 0.29) is 25.1 Å². The molecule has 0 saturated heterocycles. The second-order valence-corrected chi connectivity index (χ2v) is 5.48. The number of fused-ring (bicyclic) bond motifs is 1. The summed E-state index contributed by atoms with van der Waals surface area (Å²) in [6, 6.07) is 5.73. The molecule has 0 atom stereocenters. The van der Waals surface area contributed by atoms with Crippen molar-refractivity contribution in [2.45, 2.75) is 38.7 Å². The minimum absolute atomic E-state index is 0.221. The molecule has 0 aromatic heterocycles. The zero-order valence-corrected chi connectivity index (χ0v) is 11.6. The van der Waals surface area contributed by atoms with Gasteiger partial charge in [-0.1, -0.05) is 25.3 Å². The van der Waals surface area contributed by atoms with E-state index in [1.165, 1.54) is 19.3 Å². The largest absolute Gasteiger partial charge is 0.454 e. The molecule has 1 aromatic rings. The molecule has 1 fully saturated rings. The highest BCUT2D eigenvalue weighted by Gasteiger charge is 2.21. The van der Waals surface area contributed by atoms with Crippen LogP contribution >= 0.6 is 0 Å². The number of ketones is 1. The third kappa shape index (κ3) is 3.12. The smallest absolute Gasteiger partial charge is 0.231 e. The number of carbonyl (C=O) groups excluding carboxylic acids is 1. The summed E-state index contributed by atoms with van der Waals surface area (Å²) in [4.78, 5) is 12.0. The summed E-state index contributed by atoms with van der Waals surface area (Å²) in [7, 11) is 0. The Hall–Kier alpha value is -1.55. The number of hydrogen-bond acceptors (Lipinski definition) is 4. The fraction of sp³-hybridized carbons (Fsp3) is 0.562. The molecule has 4 nitrogen and oxygen atoms in total. The zero-order chi connectivity index (χ0) is 13.8. The van der Waals surface area contributed by atoms with Gasteiger partial charge in [0.15, 0.2) is 17.3 Å². The molecule has 108 valence electrons. The molecule has 1 heterocycles. The van der Waals surface area contributed by atoms with Crippen LogP contribution in [-0.2, 0) is 16.1 Å². The van der Waals surface area contributed by atoms with Crippen molar-refractivity contribution < 1.29 is 19.0 Å². The highest BCUT2D eigenvalue weighted by atomic mass is 16.7. The normalized spacial score (nSPS) is 18.2. The Balaban J connectivity index is 1.46. The summed E-state index contributed by atoms with van der Waals surface area (Å²) in [5.74, 6) is 2.00. The highest BCUT2D eigenvalue weighted by molar-refractivity contribution is 5.82. The van der Waals surface area contributed by atoms with Crippen molar-refractivity contribution in [2.75, 3.05) is 13.4 Å². The molecule has 1 aliphatic heterocycles. The molecular formula is C16H20O4. The van der Waals surface area contributed by atoms with E-state index in [0.29, 0.717) is 6.61 Å². The molecule has 2 aliphatic rings. The van der Waals surface area contributed by atoms with Gasteiger partial charge in [0.2, 0.25) is 6.79 Å². The van der Waals surface area contributed by atoms with Crippen LogP contribution in [0.3, 0.4) is 0 Å². The van der Waals surface area contributed by atoms with Crippen molar-refractivity contribution in [1.82, 2.24) is 0 Å². The van der Waals surface area contributed by atoms with Crippen molar-refractivity contribution in [3.8, 4) is 11.5 Å². The molecule has 1 saturated carbocycles. The molecule has 3 rings (SSSR count). The van der Waals surface area contributed by atoms with Gasteiger partial charge in [-0.3, -0.25) is 4.79 Å². The van der Waals surface area contributed by atoms with Crippen LogP contribution in [0.2, 0.25) is 0 Å². The Labute approximate surface area is 119 Å². The average molecular weight is 276 g/mol. The topological polar surface area (TPSA) is 44.8 Å². The first-order chi connectivity index (χ1) is 9.83. The molecule has 20 heavy (non-hydrogen) atoms. The van der Waals surface area contributed by atoms with E-state index >= 15 is 0 Å². The van der Waals surface area contributed by atoms with Crippen LogP contribution in [0.1, 0.15) is 37.7 Å². The van der Waals surface area contributed by atoms with Gasteiger partial charge >= 0.3 is 0 Å². The first-order valence-corrected chi connectivity index (χ1v) is 7.32. The molecule has 0 radical (unpaired) electrons. The molecule has 0 unspecified atom stereocenters. The molecule has 0 N–H and O–H groups in total. The van der Waals surface area contributed by atoms with Gasteiger partial charge in [0.05, 0.1) is 6.61 Å². The fourth-order valence-electron chi connectivity index (χ4n) is 2.84. The molecule has 0 bridgehead atoms. The van der Waals surface area contributed by atoms with E-state index in [1.807, 2.05) is 18.2 Å². The Morgan fingerprint density at radius 1 is 1.15 bits per heavy atom. The average Bonchev–Trinajstić information content (AvgIpc) is 2.95. The van der Waals surface area contributed by atoms with Crippen LogP contribution in [0.25, 0.3) is 0 Å². The first-order valence-electron chi connectivity index (χ1n) is 7.32. The van der Waals surface area contributed by atoms with Gasteiger partial charge in [0.1, 0.15) is 6.61 Å². The van der Waals surface area contributed by atoms with Gasteiger partial charge in [-0.15, -0.1) is 0 Å². The van der Waals surface area contributed by atoms with E-state index in [9.17, 15) is 4.79 Å². The number of benzene rings is 1. The van der Waals surface area contributed by atoms with Crippen LogP contribution in [0.4, 0.5) is 0 Å². The summed E-state index contributed by atoms with van der Waals surface area (Å²) < 4.78 is 16.1. The standard InChI is InChI=1S/C16H20O4/c17-14(13-4-2-1-3-5-13)10-18-9-12-6-7-15-16(8-12)20-11-19-15/h6-8,13H,1-5,9-11H2. The van der Waals surface area contributed by atoms with E-state index < -0.39 is 0 Å². The minimum Gasteiger partial charge on any atom is -0.454 e. The van der Waals surface area contributed by atoms with Gasteiger partial charge in [0, 0.05) is 5.92 Å². The van der Waals surface area contributed by atoms with E-state index in [4.69, 9.17) is 14.2 Å². The van der Waals surface area contributed by atoms with E-state index in [1.54, 1.807) is 0 Å². The number of Topliss-reactive ketones (excluding diaryl/α,β-unsaturated/α-hetero) is 1. The maximum atomic E-state index is 12.0. The second-order valence-electron chi connectivity index (χ2n) is 5.48. The first kappa shape index (κ1) is 13.4. The fourth-order valence-corrected chi connectivity index (χ4v) is 2.84. The van der Waals surface area contributed by atoms with Crippen LogP contribution in [0.15, 0.2) is 18.2 Å². The third-order valence-electron chi connectivity index (χ3n) is 4.01. The van der Waals surface area contributed by atoms with Crippen molar-refractivity contribution in [3.05, 3.63) is 23.8 Å². The molecule has 4 heteroatoms. The molecular weight excluding hydrogens is 256 g/mol. The number of rotatable bonds is 5. The van der Waals surface area contributed by atoms with E-state index in [2.05, 4.69) is 0 Å². The van der Waals surface area contributed by atoms with Crippen molar-refractivity contribution in [3.63, 3.8) is 0 Å². The van der Waals surface area contributed by atoms with Crippen molar-refractivity contribution >= 4 is 5.78 Å². The molecule has 1 aromatic carbocycles. The quantitative estimate of drug-likeness (QED) is 0.829. The van der Waals surface area contributed by atoms with Crippen LogP contribution < -0.4 is 9.47 Å². The van der Waals surface area contributed by atoms with Gasteiger partial charge in [-0.2, -0.15) is 0 Å². The predicted molar refractivity (Wildman–Crippen MR) is 73.8 cm³/mol. The van der Waals surface area contributed by atoms with E-state index in [0.717, 1.165) is 29.9 Å². The Morgan fingerprint density at radius 3 is 2.80 bits per heavy atom. The Morgan fingerprint density at radius 2 is 1.95 bits per heavy atom. The lowest BCUT2D eigenvalue weighted by Crippen LogP contribution is -2.22. The summed E-state index contributed by atoms with van der Waals surface area (Å²) in [6.45, 7) is 0.939. The van der Waals surface area contributed by atoms with Gasteiger partial charge in [-0.25, -0.2) is 0 Å². The second kappa shape index (κ2) is 6.27. The summed E-state index contributed by atoms with van der Waals surface area (Å²) in [5.41, 5.74) is 1.01. The SMILES string of the molecule is O=C(COCc1ccc2c(c1)OCO2)C1CCCCC1. The molecule has 0 spiro atoms. The van der Waals surface area contributed by atoms with Gasteiger partial charge in [0.25, 0.3) is 0 Å². The molecule has 1 aliphatic carbocycles. The maximum Gasteiger partial charge on any atom is 0.231 e. The van der Waals surface area contributed by atoms with Gasteiger partial charge < -0.3 is 14.2 Å². The summed E-state index contributed by atoms with van der Waals surface area (Å²) >= 11 is 0. The number of carbonyl (C=O) groups is 1. The minimum atomic E-state index is 0.221. The number of ether oxygens (including phenoxy) is 3. The maximum absolute atomic E-state index is 12.0. The van der Waals surface area contributed by atoms with Gasteiger partial charge in [-0.05, 0) is 30.5 Å². The van der Waals surface area contributed by atoms with Crippen LogP contribution in [0.5, 0.6) is 11.5 Å². The predicted octanol–water partition coefficient (Wildman–Crippen LogP) is 3.08. The lowest BCUT2D eigenvalue weighted by Gasteiger charge is -2.20. The highest BCUT2D eigenvalue weighted by Crippen LogP contribution is 2.32. The lowest BCUT2D eigenvalue weighted by atomic mass is 9.86. The third-order valence-corrected chi connectivity index (χ3v) is 4.01. The zero-order valence-electron chi connectivity index (χ0n) is 11.6. The van der Waals surface area contributed by atoms with Crippen molar-refractivity contribution in [2.24, 2.45) is 5.92 Å². The van der Waals surface area contributed by atoms with Crippen molar-refractivity contribution in [1.29, 1.82) is 0 Å². The molecule has 0 amide bonds. The van der Waals surface area contributed by atoms with Crippen LogP contribution in [-0.4, -0.2) is 19.2 Å². The van der Waals surface area contributed by atoms with Crippen LogP contribution in [0, 0.1) is 5.92 Å². The Bertz CT molecular complexity index is 477. The monoisotopic (exact) mass is 276 g/mol. The summed E-state index contributed by atoms with van der Waals surface area (Å²) in [5, 5.41) is 0. The lowest BCUT2D eigenvalue weighted by molar-refractivity contribution is -0.128. The number of hydrogen-bond donors (Lipinski definition) is 0. The summed E-state index contributed by atoms with van der Waals surface area (Å²) in [6.07, 6.45) is 5.69. The Kier molecular flexibility index (Phi) is 4.21.